The van der Waals surface area contributed by atoms with Crippen LogP contribution in [0.2, 0.25) is 5.02 Å². The molecule has 0 spiro atoms. The van der Waals surface area contributed by atoms with E-state index in [1.165, 1.54) is 7.11 Å². The predicted octanol–water partition coefficient (Wildman–Crippen LogP) is 5.12. The van der Waals surface area contributed by atoms with Crippen LogP contribution in [0.15, 0.2) is 78.0 Å². The van der Waals surface area contributed by atoms with Crippen LogP contribution < -0.4 is 14.9 Å². The molecule has 0 saturated carbocycles. The summed E-state index contributed by atoms with van der Waals surface area (Å²) in [6.07, 6.45) is 3.66. The average molecular weight is 448 g/mol. The second kappa shape index (κ2) is 9.58. The molecule has 0 fully saturated rings. The number of hydrazone groups is 1. The minimum atomic E-state index is -0.370. The Bertz CT molecular complexity index is 1280. The van der Waals surface area contributed by atoms with E-state index in [0.717, 1.165) is 22.0 Å². The maximum atomic E-state index is 12.6. The molecule has 1 N–H and O–H groups in total. The van der Waals surface area contributed by atoms with E-state index in [1.54, 1.807) is 31.5 Å². The molecule has 0 aliphatic carbocycles. The molecule has 0 unspecified atom stereocenters. The number of hydrogen-bond donors (Lipinski definition) is 1. The molecule has 0 radical (unpaired) electrons. The highest BCUT2D eigenvalue weighted by atomic mass is 35.5. The number of nitrogens with one attached hydrogen (secondary N) is 1. The van der Waals surface area contributed by atoms with Gasteiger partial charge < -0.3 is 14.0 Å². The zero-order chi connectivity index (χ0) is 22.5. The molecule has 4 aromatic rings. The molecule has 4 rings (SSSR count). The van der Waals surface area contributed by atoms with Crippen LogP contribution in [0.25, 0.3) is 10.9 Å². The van der Waals surface area contributed by atoms with Crippen LogP contribution >= 0.6 is 11.6 Å². The molecule has 32 heavy (non-hydrogen) atoms. The summed E-state index contributed by atoms with van der Waals surface area (Å²) in [4.78, 5) is 12.6. The van der Waals surface area contributed by atoms with Gasteiger partial charge in [-0.2, -0.15) is 5.10 Å². The van der Waals surface area contributed by atoms with E-state index < -0.39 is 0 Å². The lowest BCUT2D eigenvalue weighted by atomic mass is 10.2. The number of carbonyl (C=O) groups excluding carboxylic acids is 1. The number of rotatable bonds is 7. The summed E-state index contributed by atoms with van der Waals surface area (Å²) in [5.74, 6) is 0.651. The van der Waals surface area contributed by atoms with Crippen molar-refractivity contribution in [2.75, 3.05) is 14.2 Å². The molecule has 162 valence electrons. The highest BCUT2D eigenvalue weighted by Crippen LogP contribution is 2.25. The normalized spacial score (nSPS) is 11.1. The molecule has 1 aromatic heterocycles. The van der Waals surface area contributed by atoms with E-state index in [9.17, 15) is 4.79 Å². The summed E-state index contributed by atoms with van der Waals surface area (Å²) < 4.78 is 12.6. The summed E-state index contributed by atoms with van der Waals surface area (Å²) in [6.45, 7) is 0.695. The van der Waals surface area contributed by atoms with Crippen molar-refractivity contribution in [3.63, 3.8) is 0 Å². The molecule has 0 bridgehead atoms. The third kappa shape index (κ3) is 4.60. The lowest BCUT2D eigenvalue weighted by Crippen LogP contribution is -2.18. The Balaban J connectivity index is 1.55. The number of carbonyl (C=O) groups is 1. The van der Waals surface area contributed by atoms with Gasteiger partial charge in [0.1, 0.15) is 11.5 Å². The zero-order valence-corrected chi connectivity index (χ0v) is 18.5. The molecular weight excluding hydrogens is 426 g/mol. The quantitative estimate of drug-likeness (QED) is 0.316. The van der Waals surface area contributed by atoms with Crippen LogP contribution in [-0.2, 0) is 6.54 Å². The maximum absolute atomic E-state index is 12.6. The second-order valence-corrected chi connectivity index (χ2v) is 7.56. The van der Waals surface area contributed by atoms with Crippen molar-refractivity contribution in [3.05, 3.63) is 94.6 Å². The van der Waals surface area contributed by atoms with Gasteiger partial charge in [-0.1, -0.05) is 41.9 Å². The fraction of sp³-hybridized carbons (Fsp3) is 0.120. The summed E-state index contributed by atoms with van der Waals surface area (Å²) >= 11 is 6.00. The number of benzene rings is 3. The van der Waals surface area contributed by atoms with Gasteiger partial charge in [0.05, 0.1) is 26.0 Å². The smallest absolute Gasteiger partial charge is 0.275 e. The Hall–Kier alpha value is -3.77. The molecule has 0 aliphatic rings. The number of fused-ring (bicyclic) bond motifs is 1. The lowest BCUT2D eigenvalue weighted by Gasteiger charge is -2.08. The molecule has 0 atom stereocenters. The number of para-hydroxylation sites is 1. The second-order valence-electron chi connectivity index (χ2n) is 7.12. The third-order valence-electron chi connectivity index (χ3n) is 5.11. The number of nitrogens with zero attached hydrogens (tertiary/aromatic N) is 2. The van der Waals surface area contributed by atoms with Crippen molar-refractivity contribution < 1.29 is 14.3 Å². The van der Waals surface area contributed by atoms with Crippen LogP contribution in [0.1, 0.15) is 21.5 Å². The van der Waals surface area contributed by atoms with Gasteiger partial charge in [0.25, 0.3) is 5.91 Å². The van der Waals surface area contributed by atoms with Gasteiger partial charge >= 0.3 is 0 Å². The van der Waals surface area contributed by atoms with E-state index in [-0.39, 0.29) is 5.91 Å². The van der Waals surface area contributed by atoms with Crippen LogP contribution in [-0.4, -0.2) is 30.9 Å². The first-order valence-corrected chi connectivity index (χ1v) is 10.3. The molecule has 3 aromatic carbocycles. The monoisotopic (exact) mass is 447 g/mol. The molecule has 0 aliphatic heterocycles. The fourth-order valence-electron chi connectivity index (χ4n) is 3.50. The first kappa shape index (κ1) is 21.5. The molecule has 1 amide bonds. The highest BCUT2D eigenvalue weighted by Gasteiger charge is 2.13. The van der Waals surface area contributed by atoms with Crippen LogP contribution in [0.3, 0.4) is 0 Å². The maximum Gasteiger partial charge on any atom is 0.275 e. The van der Waals surface area contributed by atoms with Gasteiger partial charge in [-0.15, -0.1) is 0 Å². The molecule has 1 heterocycles. The van der Waals surface area contributed by atoms with Gasteiger partial charge in [-0.3, -0.25) is 4.79 Å². The minimum absolute atomic E-state index is 0.370. The van der Waals surface area contributed by atoms with E-state index in [2.05, 4.69) is 21.2 Å². The summed E-state index contributed by atoms with van der Waals surface area (Å²) in [6, 6.07) is 20.8. The van der Waals surface area contributed by atoms with Gasteiger partial charge in [0.15, 0.2) is 0 Å². The number of amides is 1. The molecular formula is C25H22ClN3O3. The van der Waals surface area contributed by atoms with Crippen molar-refractivity contribution in [2.24, 2.45) is 5.10 Å². The van der Waals surface area contributed by atoms with Crippen LogP contribution in [0, 0.1) is 0 Å². The van der Waals surface area contributed by atoms with E-state index in [1.807, 2.05) is 48.7 Å². The molecule has 0 saturated heterocycles. The molecule has 7 heteroatoms. The largest absolute Gasteiger partial charge is 0.497 e. The number of hydrogen-bond acceptors (Lipinski definition) is 4. The summed E-state index contributed by atoms with van der Waals surface area (Å²) in [5, 5.41) is 5.93. The highest BCUT2D eigenvalue weighted by molar-refractivity contribution is 6.30. The van der Waals surface area contributed by atoms with Gasteiger partial charge in [-0.05, 0) is 35.9 Å². The first-order valence-electron chi connectivity index (χ1n) is 9.97. The van der Waals surface area contributed by atoms with Crippen molar-refractivity contribution in [1.29, 1.82) is 0 Å². The van der Waals surface area contributed by atoms with Gasteiger partial charge in [0, 0.05) is 40.3 Å². The zero-order valence-electron chi connectivity index (χ0n) is 17.7. The van der Waals surface area contributed by atoms with Gasteiger partial charge in [0.2, 0.25) is 0 Å². The Labute approximate surface area is 191 Å². The first-order chi connectivity index (χ1) is 15.6. The van der Waals surface area contributed by atoms with E-state index in [4.69, 9.17) is 21.1 Å². The summed E-state index contributed by atoms with van der Waals surface area (Å²) in [5.41, 5.74) is 6.06. The Morgan fingerprint density at radius 3 is 2.59 bits per heavy atom. The van der Waals surface area contributed by atoms with Crippen molar-refractivity contribution in [1.82, 2.24) is 9.99 Å². The Morgan fingerprint density at radius 2 is 1.84 bits per heavy atom. The van der Waals surface area contributed by atoms with Crippen LogP contribution in [0.4, 0.5) is 0 Å². The Kier molecular flexibility index (Phi) is 6.42. The van der Waals surface area contributed by atoms with Crippen molar-refractivity contribution in [3.8, 4) is 11.5 Å². The lowest BCUT2D eigenvalue weighted by molar-refractivity contribution is 0.0952. The minimum Gasteiger partial charge on any atom is -0.497 e. The SMILES string of the molecule is COc1ccc(C(=O)N/N=C\c2cn(Cc3ccc(Cl)cc3)c3ccccc23)c(OC)c1. The van der Waals surface area contributed by atoms with Gasteiger partial charge in [-0.25, -0.2) is 5.43 Å². The number of halogens is 1. The standard InChI is InChI=1S/C25H22ClN3O3/c1-31-20-11-12-22(24(13-20)32-2)25(30)28-27-14-18-16-29(23-6-4-3-5-21(18)23)15-17-7-9-19(26)10-8-17/h3-14,16H,15H2,1-2H3,(H,28,30)/b27-14-. The van der Waals surface area contributed by atoms with Crippen LogP contribution in [0.5, 0.6) is 11.5 Å². The third-order valence-corrected chi connectivity index (χ3v) is 5.36. The van der Waals surface area contributed by atoms with Crippen molar-refractivity contribution >= 4 is 34.6 Å². The van der Waals surface area contributed by atoms with Crippen molar-refractivity contribution in [2.45, 2.75) is 6.54 Å². The summed E-state index contributed by atoms with van der Waals surface area (Å²) in [7, 11) is 3.06. The molecule has 6 nitrogen and oxygen atoms in total. The Morgan fingerprint density at radius 1 is 1.06 bits per heavy atom. The predicted molar refractivity (Wildman–Crippen MR) is 127 cm³/mol. The number of aromatic nitrogens is 1. The number of methoxy groups -OCH3 is 2. The van der Waals surface area contributed by atoms with E-state index >= 15 is 0 Å². The average Bonchev–Trinajstić information content (AvgIpc) is 3.17. The topological polar surface area (TPSA) is 64.8 Å². The van der Waals surface area contributed by atoms with E-state index in [0.29, 0.717) is 28.6 Å². The fourth-order valence-corrected chi connectivity index (χ4v) is 3.63. The number of ether oxygens (including phenoxy) is 2.